The van der Waals surface area contributed by atoms with Gasteiger partial charge in [-0.15, -0.1) is 0 Å². The normalized spacial score (nSPS) is 10.8. The molecule has 19 heavy (non-hydrogen) atoms. The number of methoxy groups -OCH3 is 1. The van der Waals surface area contributed by atoms with Crippen molar-refractivity contribution in [2.45, 2.75) is 19.9 Å². The van der Waals surface area contributed by atoms with Crippen LogP contribution in [0.15, 0.2) is 36.7 Å². The highest BCUT2D eigenvalue weighted by Gasteiger charge is 2.17. The maximum atomic E-state index is 13.0. The molecule has 2 rings (SSSR count). The molecule has 0 amide bonds. The van der Waals surface area contributed by atoms with Gasteiger partial charge in [0.2, 0.25) is 0 Å². The van der Waals surface area contributed by atoms with Crippen LogP contribution in [0.5, 0.6) is 0 Å². The minimum absolute atomic E-state index is 0.234. The lowest BCUT2D eigenvalue weighted by Gasteiger charge is -2.05. The van der Waals surface area contributed by atoms with Gasteiger partial charge in [-0.2, -0.15) is 0 Å². The summed E-state index contributed by atoms with van der Waals surface area (Å²) in [6, 6.07) is 6.30. The number of esters is 1. The van der Waals surface area contributed by atoms with Gasteiger partial charge in [0, 0.05) is 24.0 Å². The van der Waals surface area contributed by atoms with Crippen LogP contribution in [0, 0.1) is 5.82 Å². The van der Waals surface area contributed by atoms with Crippen LogP contribution in [0.1, 0.15) is 30.2 Å². The van der Waals surface area contributed by atoms with E-state index in [1.54, 1.807) is 18.3 Å². The van der Waals surface area contributed by atoms with Crippen LogP contribution in [-0.2, 0) is 4.74 Å². The van der Waals surface area contributed by atoms with Crippen molar-refractivity contribution in [2.24, 2.45) is 0 Å². The summed E-state index contributed by atoms with van der Waals surface area (Å²) in [5.74, 6) is -0.689. The minimum Gasteiger partial charge on any atom is -0.465 e. The number of hydrogen-bond donors (Lipinski definition) is 0. The van der Waals surface area contributed by atoms with Crippen molar-refractivity contribution in [3.05, 3.63) is 48.0 Å². The van der Waals surface area contributed by atoms with Crippen molar-refractivity contribution >= 4 is 5.97 Å². The van der Waals surface area contributed by atoms with Crippen molar-refractivity contribution in [3.8, 4) is 11.1 Å². The van der Waals surface area contributed by atoms with E-state index >= 15 is 0 Å². The van der Waals surface area contributed by atoms with E-state index in [0.29, 0.717) is 5.56 Å². The largest absolute Gasteiger partial charge is 0.465 e. The number of rotatable bonds is 3. The number of halogens is 1. The molecule has 4 heteroatoms. The molecule has 0 radical (unpaired) electrons. The molecule has 0 spiro atoms. The van der Waals surface area contributed by atoms with Gasteiger partial charge in [-0.05, 0) is 31.5 Å². The Kier molecular flexibility index (Phi) is 3.69. The molecule has 1 heterocycles. The first-order valence-electron chi connectivity index (χ1n) is 6.08. The summed E-state index contributed by atoms with van der Waals surface area (Å²) in [5.41, 5.74) is 2.03. The van der Waals surface area contributed by atoms with Crippen molar-refractivity contribution in [2.75, 3.05) is 7.11 Å². The van der Waals surface area contributed by atoms with E-state index in [-0.39, 0.29) is 11.9 Å². The number of aromatic nitrogens is 1. The van der Waals surface area contributed by atoms with Crippen LogP contribution in [0.4, 0.5) is 4.39 Å². The smallest absolute Gasteiger partial charge is 0.340 e. The molecule has 0 aliphatic heterocycles. The Hall–Kier alpha value is -2.10. The number of nitrogens with zero attached hydrogens (tertiary/aromatic N) is 1. The fraction of sp³-hybridized carbons (Fsp3) is 0.267. The molecule has 0 aliphatic carbocycles. The second kappa shape index (κ2) is 5.26. The quantitative estimate of drug-likeness (QED) is 0.789. The molecule has 0 N–H and O–H groups in total. The van der Waals surface area contributed by atoms with Crippen molar-refractivity contribution in [1.82, 2.24) is 4.57 Å². The molecule has 100 valence electrons. The lowest BCUT2D eigenvalue weighted by atomic mass is 10.1. The van der Waals surface area contributed by atoms with E-state index in [4.69, 9.17) is 4.74 Å². The molecule has 3 nitrogen and oxygen atoms in total. The van der Waals surface area contributed by atoms with Crippen LogP contribution < -0.4 is 0 Å². The molecule has 0 fully saturated rings. The van der Waals surface area contributed by atoms with E-state index in [0.717, 1.165) is 11.1 Å². The van der Waals surface area contributed by atoms with Gasteiger partial charge in [0.25, 0.3) is 0 Å². The summed E-state index contributed by atoms with van der Waals surface area (Å²) in [6.07, 6.45) is 3.64. The Bertz CT molecular complexity index is 585. The average Bonchev–Trinajstić information content (AvgIpc) is 2.84. The monoisotopic (exact) mass is 261 g/mol. The molecular weight excluding hydrogens is 245 g/mol. The molecule has 0 saturated carbocycles. The van der Waals surface area contributed by atoms with Crippen molar-refractivity contribution in [3.63, 3.8) is 0 Å². The van der Waals surface area contributed by atoms with Crippen molar-refractivity contribution in [1.29, 1.82) is 0 Å². The number of ether oxygens (including phenoxy) is 1. The Labute approximate surface area is 111 Å². The van der Waals surface area contributed by atoms with Crippen LogP contribution in [0.2, 0.25) is 0 Å². The molecule has 0 aliphatic rings. The number of carbonyl (C=O) groups excluding carboxylic acids is 1. The van der Waals surface area contributed by atoms with E-state index in [1.165, 1.54) is 19.2 Å². The van der Waals surface area contributed by atoms with Crippen LogP contribution in [0.3, 0.4) is 0 Å². The average molecular weight is 261 g/mol. The first kappa shape index (κ1) is 13.3. The highest BCUT2D eigenvalue weighted by atomic mass is 19.1. The fourth-order valence-electron chi connectivity index (χ4n) is 1.90. The zero-order valence-electron chi connectivity index (χ0n) is 11.2. The SMILES string of the molecule is COC(=O)c1cn(C(C)C)cc1-c1ccc(F)cc1. The van der Waals surface area contributed by atoms with Gasteiger partial charge in [-0.25, -0.2) is 9.18 Å². The van der Waals surface area contributed by atoms with E-state index in [9.17, 15) is 9.18 Å². The standard InChI is InChI=1S/C15H16FNO2/c1-10(2)17-8-13(14(9-17)15(18)19-3)11-4-6-12(16)7-5-11/h4-10H,1-3H3. The highest BCUT2D eigenvalue weighted by Crippen LogP contribution is 2.27. The first-order valence-corrected chi connectivity index (χ1v) is 6.08. The summed E-state index contributed by atoms with van der Waals surface area (Å²) in [5, 5.41) is 0. The van der Waals surface area contributed by atoms with Gasteiger partial charge in [0.05, 0.1) is 12.7 Å². The first-order chi connectivity index (χ1) is 9.02. The second-order valence-corrected chi connectivity index (χ2v) is 4.62. The van der Waals surface area contributed by atoms with Crippen LogP contribution >= 0.6 is 0 Å². The minimum atomic E-state index is -0.390. The third-order valence-electron chi connectivity index (χ3n) is 3.00. The third-order valence-corrected chi connectivity index (χ3v) is 3.00. The summed E-state index contributed by atoms with van der Waals surface area (Å²) >= 11 is 0. The van der Waals surface area contributed by atoms with Crippen LogP contribution in [-0.4, -0.2) is 17.6 Å². The fourth-order valence-corrected chi connectivity index (χ4v) is 1.90. The maximum Gasteiger partial charge on any atom is 0.340 e. The predicted octanol–water partition coefficient (Wildman–Crippen LogP) is 3.66. The van der Waals surface area contributed by atoms with Gasteiger partial charge >= 0.3 is 5.97 Å². The van der Waals surface area contributed by atoms with Crippen LogP contribution in [0.25, 0.3) is 11.1 Å². The molecular formula is C15H16FNO2. The van der Waals surface area contributed by atoms with Gasteiger partial charge in [-0.1, -0.05) is 12.1 Å². The number of hydrogen-bond acceptors (Lipinski definition) is 2. The summed E-state index contributed by atoms with van der Waals surface area (Å²) in [4.78, 5) is 11.8. The maximum absolute atomic E-state index is 13.0. The molecule has 1 aromatic carbocycles. The highest BCUT2D eigenvalue weighted by molar-refractivity contribution is 5.97. The lowest BCUT2D eigenvalue weighted by molar-refractivity contribution is 0.0601. The topological polar surface area (TPSA) is 31.2 Å². The van der Waals surface area contributed by atoms with E-state index in [2.05, 4.69) is 0 Å². The Balaban J connectivity index is 2.54. The third kappa shape index (κ3) is 2.67. The Morgan fingerprint density at radius 3 is 2.37 bits per heavy atom. The summed E-state index contributed by atoms with van der Waals surface area (Å²) in [7, 11) is 1.35. The molecule has 1 aromatic heterocycles. The van der Waals surface area contributed by atoms with E-state index in [1.807, 2.05) is 24.6 Å². The van der Waals surface area contributed by atoms with Gasteiger partial charge in [0.15, 0.2) is 0 Å². The Morgan fingerprint density at radius 1 is 1.21 bits per heavy atom. The van der Waals surface area contributed by atoms with Gasteiger partial charge < -0.3 is 9.30 Å². The lowest BCUT2D eigenvalue weighted by Crippen LogP contribution is -2.02. The van der Waals surface area contributed by atoms with Gasteiger partial charge in [0.1, 0.15) is 5.82 Å². The summed E-state index contributed by atoms with van der Waals surface area (Å²) in [6.45, 7) is 4.05. The van der Waals surface area contributed by atoms with E-state index < -0.39 is 5.97 Å². The zero-order valence-corrected chi connectivity index (χ0v) is 11.2. The van der Waals surface area contributed by atoms with Gasteiger partial charge in [-0.3, -0.25) is 0 Å². The number of benzene rings is 1. The molecule has 0 atom stereocenters. The molecule has 2 aromatic rings. The molecule has 0 saturated heterocycles. The predicted molar refractivity (Wildman–Crippen MR) is 71.6 cm³/mol. The summed E-state index contributed by atoms with van der Waals surface area (Å²) < 4.78 is 19.7. The van der Waals surface area contributed by atoms with Crippen molar-refractivity contribution < 1.29 is 13.9 Å². The molecule has 0 unspecified atom stereocenters. The second-order valence-electron chi connectivity index (χ2n) is 4.62. The molecule has 0 bridgehead atoms. The number of carbonyl (C=O) groups is 1. The Morgan fingerprint density at radius 2 is 1.84 bits per heavy atom. The zero-order chi connectivity index (χ0) is 14.0.